The molecule has 0 bridgehead atoms. The van der Waals surface area contributed by atoms with Gasteiger partial charge in [-0.25, -0.2) is 0 Å². The van der Waals surface area contributed by atoms with Crippen LogP contribution in [-0.2, 0) is 18.9 Å². The van der Waals surface area contributed by atoms with Crippen molar-refractivity contribution < 1.29 is 29.2 Å². The molecule has 0 saturated carbocycles. The summed E-state index contributed by atoms with van der Waals surface area (Å²) in [5, 5.41) is 19.2. The van der Waals surface area contributed by atoms with Gasteiger partial charge in [0.05, 0.1) is 39.6 Å². The second-order valence-electron chi connectivity index (χ2n) is 6.94. The Hall–Kier alpha value is -0.760. The van der Waals surface area contributed by atoms with Gasteiger partial charge in [0.15, 0.2) is 0 Å². The first-order valence-corrected chi connectivity index (χ1v) is 10.6. The van der Waals surface area contributed by atoms with Crippen LogP contribution >= 0.6 is 0 Å². The van der Waals surface area contributed by atoms with Gasteiger partial charge in [-0.1, -0.05) is 50.7 Å². The van der Waals surface area contributed by atoms with Crippen LogP contribution in [0.4, 0.5) is 0 Å². The minimum absolute atomic E-state index is 0.293. The minimum Gasteiger partial charge on any atom is -0.388 e. The fourth-order valence-electron chi connectivity index (χ4n) is 2.58. The average molecular weight is 403 g/mol. The van der Waals surface area contributed by atoms with Crippen molar-refractivity contribution >= 4 is 0 Å². The Balaban J connectivity index is 3.15. The van der Waals surface area contributed by atoms with Crippen LogP contribution in [0.3, 0.4) is 0 Å². The SMILES string of the molecule is C=CCOCC(O)COCCCCCCCCCCOCC(O)COCC=C. The monoisotopic (exact) mass is 402 g/mol. The largest absolute Gasteiger partial charge is 0.388 e. The topological polar surface area (TPSA) is 77.4 Å². The molecule has 2 N–H and O–H groups in total. The van der Waals surface area contributed by atoms with Crippen LogP contribution in [0.5, 0.6) is 0 Å². The Morgan fingerprint density at radius 1 is 0.536 bits per heavy atom. The summed E-state index contributed by atoms with van der Waals surface area (Å²) < 4.78 is 21.2. The fourth-order valence-corrected chi connectivity index (χ4v) is 2.58. The Kier molecular flexibility index (Phi) is 21.9. The van der Waals surface area contributed by atoms with E-state index >= 15 is 0 Å². The number of hydrogen-bond donors (Lipinski definition) is 2. The molecular weight excluding hydrogens is 360 g/mol. The Bertz CT molecular complexity index is 305. The molecule has 2 unspecified atom stereocenters. The molecule has 0 fully saturated rings. The molecule has 0 amide bonds. The van der Waals surface area contributed by atoms with Crippen LogP contribution < -0.4 is 0 Å². The molecule has 0 aromatic heterocycles. The second-order valence-corrected chi connectivity index (χ2v) is 6.94. The molecule has 2 atom stereocenters. The van der Waals surface area contributed by atoms with Crippen LogP contribution in [0.15, 0.2) is 25.3 Å². The summed E-state index contributed by atoms with van der Waals surface area (Å²) in [4.78, 5) is 0. The van der Waals surface area contributed by atoms with Gasteiger partial charge in [-0.05, 0) is 12.8 Å². The van der Waals surface area contributed by atoms with Crippen LogP contribution in [0, 0.1) is 0 Å². The van der Waals surface area contributed by atoms with Gasteiger partial charge in [0.2, 0.25) is 0 Å². The van der Waals surface area contributed by atoms with Gasteiger partial charge in [0.1, 0.15) is 12.2 Å². The molecule has 0 aliphatic rings. The van der Waals surface area contributed by atoms with Gasteiger partial charge in [0, 0.05) is 13.2 Å². The van der Waals surface area contributed by atoms with E-state index in [1.807, 2.05) is 0 Å². The van der Waals surface area contributed by atoms with E-state index in [2.05, 4.69) is 13.2 Å². The lowest BCUT2D eigenvalue weighted by Crippen LogP contribution is -2.22. The van der Waals surface area contributed by atoms with Crippen LogP contribution in [-0.4, -0.2) is 75.3 Å². The van der Waals surface area contributed by atoms with E-state index < -0.39 is 12.2 Å². The van der Waals surface area contributed by atoms with Crippen LogP contribution in [0.25, 0.3) is 0 Å². The van der Waals surface area contributed by atoms with E-state index in [0.29, 0.717) is 52.9 Å². The van der Waals surface area contributed by atoms with E-state index in [0.717, 1.165) is 25.7 Å². The molecule has 6 heteroatoms. The Morgan fingerprint density at radius 3 is 1.21 bits per heavy atom. The number of aliphatic hydroxyl groups is 2. The third kappa shape index (κ3) is 21.5. The van der Waals surface area contributed by atoms with Gasteiger partial charge < -0.3 is 29.2 Å². The summed E-state index contributed by atoms with van der Waals surface area (Å²) in [7, 11) is 0. The lowest BCUT2D eigenvalue weighted by atomic mass is 10.1. The number of aliphatic hydroxyl groups excluding tert-OH is 2. The van der Waals surface area contributed by atoms with Gasteiger partial charge in [-0.2, -0.15) is 0 Å². The number of rotatable bonds is 23. The zero-order valence-electron chi connectivity index (χ0n) is 17.6. The van der Waals surface area contributed by atoms with Crippen molar-refractivity contribution in [2.24, 2.45) is 0 Å². The molecule has 0 aliphatic carbocycles. The zero-order valence-corrected chi connectivity index (χ0v) is 17.6. The molecule has 0 aliphatic heterocycles. The van der Waals surface area contributed by atoms with Crippen molar-refractivity contribution in [3.05, 3.63) is 25.3 Å². The zero-order chi connectivity index (χ0) is 20.7. The van der Waals surface area contributed by atoms with Crippen molar-refractivity contribution in [1.29, 1.82) is 0 Å². The molecule has 6 nitrogen and oxygen atoms in total. The van der Waals surface area contributed by atoms with E-state index in [9.17, 15) is 10.2 Å². The number of unbranched alkanes of at least 4 members (excludes halogenated alkanes) is 7. The van der Waals surface area contributed by atoms with Crippen molar-refractivity contribution in [3.63, 3.8) is 0 Å². The second kappa shape index (κ2) is 22.5. The average Bonchev–Trinajstić information content (AvgIpc) is 2.68. The van der Waals surface area contributed by atoms with Gasteiger partial charge in [0.25, 0.3) is 0 Å². The minimum atomic E-state index is -0.558. The lowest BCUT2D eigenvalue weighted by molar-refractivity contribution is -0.0138. The van der Waals surface area contributed by atoms with Crippen molar-refractivity contribution in [1.82, 2.24) is 0 Å². The highest BCUT2D eigenvalue weighted by atomic mass is 16.5. The molecule has 0 rings (SSSR count). The van der Waals surface area contributed by atoms with E-state index in [-0.39, 0.29) is 0 Å². The molecule has 0 radical (unpaired) electrons. The summed E-state index contributed by atoms with van der Waals surface area (Å²) in [5.74, 6) is 0. The third-order valence-electron chi connectivity index (χ3n) is 4.04. The first kappa shape index (κ1) is 27.2. The standard InChI is InChI=1S/C22H42O6/c1-3-13-25-17-21(23)19-27-15-11-9-7-5-6-8-10-12-16-28-20-22(24)18-26-14-4-2/h3-4,21-24H,1-2,5-20H2. The van der Waals surface area contributed by atoms with E-state index in [1.165, 1.54) is 25.7 Å². The van der Waals surface area contributed by atoms with Crippen molar-refractivity contribution in [3.8, 4) is 0 Å². The summed E-state index contributed by atoms with van der Waals surface area (Å²) in [6.45, 7) is 10.7. The maximum absolute atomic E-state index is 9.61. The number of ether oxygens (including phenoxy) is 4. The van der Waals surface area contributed by atoms with Crippen LogP contribution in [0.2, 0.25) is 0 Å². The summed E-state index contributed by atoms with van der Waals surface area (Å²) >= 11 is 0. The molecule has 0 aromatic carbocycles. The summed E-state index contributed by atoms with van der Waals surface area (Å²) in [6.07, 6.45) is 11.6. The predicted molar refractivity (Wildman–Crippen MR) is 113 cm³/mol. The number of hydrogen-bond acceptors (Lipinski definition) is 6. The third-order valence-corrected chi connectivity index (χ3v) is 4.04. The van der Waals surface area contributed by atoms with E-state index in [1.54, 1.807) is 12.2 Å². The molecule has 166 valence electrons. The molecular formula is C22H42O6. The lowest BCUT2D eigenvalue weighted by Gasteiger charge is -2.11. The maximum atomic E-state index is 9.61. The fraction of sp³-hybridized carbons (Fsp3) is 0.818. The molecule has 0 spiro atoms. The van der Waals surface area contributed by atoms with Crippen LogP contribution in [0.1, 0.15) is 51.4 Å². The summed E-state index contributed by atoms with van der Waals surface area (Å²) in [6, 6.07) is 0. The molecule has 0 saturated heterocycles. The molecule has 0 heterocycles. The maximum Gasteiger partial charge on any atom is 0.101 e. The van der Waals surface area contributed by atoms with Gasteiger partial charge in [-0.15, -0.1) is 13.2 Å². The molecule has 28 heavy (non-hydrogen) atoms. The first-order chi connectivity index (χ1) is 13.7. The smallest absolute Gasteiger partial charge is 0.101 e. The predicted octanol–water partition coefficient (Wildman–Crippen LogP) is 3.27. The van der Waals surface area contributed by atoms with Crippen molar-refractivity contribution in [2.45, 2.75) is 63.6 Å². The quantitative estimate of drug-likeness (QED) is 0.202. The van der Waals surface area contributed by atoms with Crippen molar-refractivity contribution in [2.75, 3.05) is 52.9 Å². The van der Waals surface area contributed by atoms with Gasteiger partial charge in [-0.3, -0.25) is 0 Å². The highest BCUT2D eigenvalue weighted by Crippen LogP contribution is 2.09. The Labute approximate surface area is 171 Å². The molecule has 0 aromatic rings. The Morgan fingerprint density at radius 2 is 0.857 bits per heavy atom. The first-order valence-electron chi connectivity index (χ1n) is 10.6. The summed E-state index contributed by atoms with van der Waals surface area (Å²) in [5.41, 5.74) is 0. The highest BCUT2D eigenvalue weighted by molar-refractivity contribution is 4.65. The highest BCUT2D eigenvalue weighted by Gasteiger charge is 2.04. The van der Waals surface area contributed by atoms with Gasteiger partial charge >= 0.3 is 0 Å². The normalized spacial score (nSPS) is 13.4. The van der Waals surface area contributed by atoms with E-state index in [4.69, 9.17) is 18.9 Å².